The molecule has 2 aliphatic rings. The molecule has 0 spiro atoms. The maximum atomic E-state index is 12.9. The molecule has 2 amide bonds. The number of halogens is 2. The number of nitrogens with zero attached hydrogens (tertiary/aromatic N) is 1. The van der Waals surface area contributed by atoms with Crippen LogP contribution in [-0.2, 0) is 16.1 Å². The van der Waals surface area contributed by atoms with Gasteiger partial charge in [0.25, 0.3) is 11.1 Å². The highest BCUT2D eigenvalue weighted by molar-refractivity contribution is 9.10. The van der Waals surface area contributed by atoms with E-state index >= 15 is 0 Å². The number of rotatable bonds is 6. The molecule has 2 aromatic carbocycles. The summed E-state index contributed by atoms with van der Waals surface area (Å²) in [6.07, 6.45) is 1.49. The first-order valence-electron chi connectivity index (χ1n) is 8.79. The standard InChI is InChI=1S/C20H13BrClNO7S/c21-12-1-2-14(28-8-18(24)25)10(3-12)5-17-19(26)23(20(27)31-17)7-11-4-15-16(6-13(11)22)30-9-29-15/h1-6H,7-9H2,(H,24,25)/b17-5+. The number of benzene rings is 2. The summed E-state index contributed by atoms with van der Waals surface area (Å²) >= 11 is 10.4. The Kier molecular flexibility index (Phi) is 6.12. The fourth-order valence-electron chi connectivity index (χ4n) is 2.93. The van der Waals surface area contributed by atoms with E-state index in [1.807, 2.05) is 0 Å². The lowest BCUT2D eigenvalue weighted by Gasteiger charge is -2.14. The van der Waals surface area contributed by atoms with Gasteiger partial charge in [-0.15, -0.1) is 0 Å². The van der Waals surface area contributed by atoms with Crippen molar-refractivity contribution in [3.8, 4) is 17.2 Å². The van der Waals surface area contributed by atoms with Gasteiger partial charge in [0.05, 0.1) is 11.4 Å². The molecule has 0 radical (unpaired) electrons. The molecule has 4 rings (SSSR count). The minimum absolute atomic E-state index is 0.0294. The van der Waals surface area contributed by atoms with Gasteiger partial charge in [-0.25, -0.2) is 4.79 Å². The first kappa shape index (κ1) is 21.5. The Morgan fingerprint density at radius 1 is 1.26 bits per heavy atom. The molecular formula is C20H13BrClNO7S. The molecule has 0 unspecified atom stereocenters. The van der Waals surface area contributed by atoms with Crippen LogP contribution in [-0.4, -0.2) is 40.5 Å². The van der Waals surface area contributed by atoms with Crippen LogP contribution in [0.4, 0.5) is 4.79 Å². The summed E-state index contributed by atoms with van der Waals surface area (Å²) in [6.45, 7) is -0.483. The summed E-state index contributed by atoms with van der Waals surface area (Å²) in [6, 6.07) is 8.16. The fourth-order valence-corrected chi connectivity index (χ4v) is 4.35. The number of imide groups is 1. The topological polar surface area (TPSA) is 102 Å². The summed E-state index contributed by atoms with van der Waals surface area (Å²) in [7, 11) is 0. The van der Waals surface area contributed by atoms with Crippen LogP contribution in [0.2, 0.25) is 5.02 Å². The van der Waals surface area contributed by atoms with E-state index in [1.54, 1.807) is 30.3 Å². The average Bonchev–Trinajstić information content (AvgIpc) is 3.26. The molecule has 8 nitrogen and oxygen atoms in total. The molecule has 160 valence electrons. The smallest absolute Gasteiger partial charge is 0.341 e. The van der Waals surface area contributed by atoms with E-state index in [0.717, 1.165) is 16.7 Å². The second-order valence-corrected chi connectivity index (χ2v) is 8.75. The Morgan fingerprint density at radius 2 is 2.00 bits per heavy atom. The van der Waals surface area contributed by atoms with Crippen molar-refractivity contribution >= 4 is 62.5 Å². The van der Waals surface area contributed by atoms with Crippen molar-refractivity contribution in [1.82, 2.24) is 4.90 Å². The van der Waals surface area contributed by atoms with Crippen LogP contribution >= 0.6 is 39.3 Å². The number of aliphatic carboxylic acids is 1. The SMILES string of the molecule is O=C(O)COc1ccc(Br)cc1/C=C1/SC(=O)N(Cc2cc3c(cc2Cl)OCO3)C1=O. The normalized spacial score (nSPS) is 16.3. The second kappa shape index (κ2) is 8.81. The number of carboxylic acids is 1. The Morgan fingerprint density at radius 3 is 2.74 bits per heavy atom. The van der Waals surface area contributed by atoms with Gasteiger partial charge in [-0.2, -0.15) is 0 Å². The molecule has 0 saturated carbocycles. The lowest BCUT2D eigenvalue weighted by molar-refractivity contribution is -0.139. The van der Waals surface area contributed by atoms with E-state index in [2.05, 4.69) is 15.9 Å². The lowest BCUT2D eigenvalue weighted by Crippen LogP contribution is -2.27. The van der Waals surface area contributed by atoms with Crippen molar-refractivity contribution in [1.29, 1.82) is 0 Å². The monoisotopic (exact) mass is 525 g/mol. The van der Waals surface area contributed by atoms with Gasteiger partial charge in [-0.05, 0) is 47.7 Å². The minimum atomic E-state index is -1.13. The molecular weight excluding hydrogens is 514 g/mol. The van der Waals surface area contributed by atoms with Crippen LogP contribution in [0.1, 0.15) is 11.1 Å². The number of ether oxygens (including phenoxy) is 3. The van der Waals surface area contributed by atoms with Gasteiger partial charge in [0.1, 0.15) is 5.75 Å². The van der Waals surface area contributed by atoms with Crippen LogP contribution in [0.5, 0.6) is 17.2 Å². The molecule has 1 fully saturated rings. The van der Waals surface area contributed by atoms with Crippen molar-refractivity contribution in [2.24, 2.45) is 0 Å². The molecule has 2 aliphatic heterocycles. The number of carboxylic acid groups (broad SMARTS) is 1. The zero-order valence-electron chi connectivity index (χ0n) is 15.6. The average molecular weight is 527 g/mol. The second-order valence-electron chi connectivity index (χ2n) is 6.43. The number of hydrogen-bond donors (Lipinski definition) is 1. The number of thioether (sulfide) groups is 1. The van der Waals surface area contributed by atoms with Crippen molar-refractivity contribution in [3.63, 3.8) is 0 Å². The number of amides is 2. The predicted molar refractivity (Wildman–Crippen MR) is 116 cm³/mol. The zero-order valence-corrected chi connectivity index (χ0v) is 18.8. The highest BCUT2D eigenvalue weighted by Gasteiger charge is 2.36. The summed E-state index contributed by atoms with van der Waals surface area (Å²) in [5, 5.41) is 8.75. The quantitative estimate of drug-likeness (QED) is 0.548. The van der Waals surface area contributed by atoms with Crippen molar-refractivity contribution < 1.29 is 33.7 Å². The Balaban J connectivity index is 1.58. The van der Waals surface area contributed by atoms with E-state index < -0.39 is 23.7 Å². The van der Waals surface area contributed by atoms with Crippen LogP contribution in [0.15, 0.2) is 39.7 Å². The molecule has 0 atom stereocenters. The van der Waals surface area contributed by atoms with Gasteiger partial charge in [-0.3, -0.25) is 14.5 Å². The van der Waals surface area contributed by atoms with Gasteiger partial charge in [-0.1, -0.05) is 27.5 Å². The van der Waals surface area contributed by atoms with E-state index in [4.69, 9.17) is 30.9 Å². The highest BCUT2D eigenvalue weighted by atomic mass is 79.9. The van der Waals surface area contributed by atoms with Gasteiger partial charge < -0.3 is 19.3 Å². The summed E-state index contributed by atoms with van der Waals surface area (Å²) < 4.78 is 16.6. The highest BCUT2D eigenvalue weighted by Crippen LogP contribution is 2.40. The van der Waals surface area contributed by atoms with E-state index in [9.17, 15) is 14.4 Å². The van der Waals surface area contributed by atoms with Crippen LogP contribution in [0.25, 0.3) is 6.08 Å². The number of carbonyl (C=O) groups excluding carboxylic acids is 2. The largest absolute Gasteiger partial charge is 0.481 e. The van der Waals surface area contributed by atoms with E-state index in [-0.39, 0.29) is 24.0 Å². The Labute approximate surface area is 193 Å². The van der Waals surface area contributed by atoms with Gasteiger partial charge in [0.15, 0.2) is 18.1 Å². The van der Waals surface area contributed by atoms with Crippen molar-refractivity contribution in [3.05, 3.63) is 55.9 Å². The zero-order chi connectivity index (χ0) is 22.1. The molecule has 2 heterocycles. The fraction of sp³-hybridized carbons (Fsp3) is 0.150. The molecule has 0 aliphatic carbocycles. The Hall–Kier alpha value is -2.69. The van der Waals surface area contributed by atoms with Crippen LogP contribution in [0, 0.1) is 0 Å². The third-order valence-electron chi connectivity index (χ3n) is 4.35. The van der Waals surface area contributed by atoms with Gasteiger partial charge in [0, 0.05) is 21.1 Å². The summed E-state index contributed by atoms with van der Waals surface area (Å²) in [5.41, 5.74) is 1.00. The van der Waals surface area contributed by atoms with E-state index in [0.29, 0.717) is 32.1 Å². The maximum Gasteiger partial charge on any atom is 0.341 e. The maximum absolute atomic E-state index is 12.9. The molecule has 11 heteroatoms. The molecule has 31 heavy (non-hydrogen) atoms. The van der Waals surface area contributed by atoms with Gasteiger partial charge in [0.2, 0.25) is 6.79 Å². The first-order valence-corrected chi connectivity index (χ1v) is 10.8. The number of carbonyl (C=O) groups is 3. The molecule has 2 aromatic rings. The van der Waals surface area contributed by atoms with Crippen molar-refractivity contribution in [2.45, 2.75) is 6.54 Å². The summed E-state index contributed by atoms with van der Waals surface area (Å²) in [4.78, 5) is 37.5. The molecule has 1 N–H and O–H groups in total. The third kappa shape index (κ3) is 4.65. The van der Waals surface area contributed by atoms with E-state index in [1.165, 1.54) is 6.08 Å². The number of fused-ring (bicyclic) bond motifs is 1. The van der Waals surface area contributed by atoms with Crippen LogP contribution in [0.3, 0.4) is 0 Å². The molecule has 0 aromatic heterocycles. The number of hydrogen-bond acceptors (Lipinski definition) is 7. The lowest BCUT2D eigenvalue weighted by atomic mass is 10.1. The van der Waals surface area contributed by atoms with Gasteiger partial charge >= 0.3 is 5.97 Å². The van der Waals surface area contributed by atoms with Crippen LogP contribution < -0.4 is 14.2 Å². The Bertz CT molecular complexity index is 1140. The summed E-state index contributed by atoms with van der Waals surface area (Å²) in [5.74, 6) is -0.346. The minimum Gasteiger partial charge on any atom is -0.481 e. The predicted octanol–water partition coefficient (Wildman–Crippen LogP) is 4.53. The van der Waals surface area contributed by atoms with Crippen molar-refractivity contribution in [2.75, 3.05) is 13.4 Å². The third-order valence-corrected chi connectivity index (χ3v) is 6.11. The molecule has 0 bridgehead atoms. The first-order chi connectivity index (χ1) is 14.8. The molecule has 1 saturated heterocycles.